The van der Waals surface area contributed by atoms with Gasteiger partial charge in [-0.3, -0.25) is 4.79 Å². The molecule has 0 saturated heterocycles. The molecule has 0 aliphatic rings. The summed E-state index contributed by atoms with van der Waals surface area (Å²) in [5.74, 6) is -0.833. The Bertz CT molecular complexity index is 38.7. The van der Waals surface area contributed by atoms with Crippen molar-refractivity contribution < 1.29 is 31.0 Å². The van der Waals surface area contributed by atoms with Crippen LogP contribution < -0.4 is 0 Å². The molecule has 0 atom stereocenters. The van der Waals surface area contributed by atoms with Crippen LogP contribution >= 0.6 is 3.76 Å². The van der Waals surface area contributed by atoms with Crippen LogP contribution in [0.1, 0.15) is 6.92 Å². The molecule has 0 saturated carbocycles. The quantitative estimate of drug-likeness (QED) is 0.653. The van der Waals surface area contributed by atoms with Gasteiger partial charge in [0.05, 0.1) is 0 Å². The van der Waals surface area contributed by atoms with Crippen LogP contribution in [0.25, 0.3) is 0 Å². The Morgan fingerprint density at radius 3 is 1.71 bits per heavy atom. The maximum absolute atomic E-state index is 9.00. The molecule has 2 nitrogen and oxygen atoms in total. The maximum Gasteiger partial charge on any atom is 0 e. The molecule has 0 bridgehead atoms. The van der Waals surface area contributed by atoms with E-state index >= 15 is 0 Å². The first-order valence-electron chi connectivity index (χ1n) is 1.31. The number of rotatable bonds is 0. The minimum atomic E-state index is -0.833. The summed E-state index contributed by atoms with van der Waals surface area (Å²) in [6.45, 7) is 1.08. The van der Waals surface area contributed by atoms with Crippen molar-refractivity contribution in [3.63, 3.8) is 0 Å². The molecule has 0 heterocycles. The molecule has 0 aromatic carbocycles. The predicted octanol–water partition coefficient (Wildman–Crippen LogP) is 0.397. The van der Waals surface area contributed by atoms with E-state index in [9.17, 15) is 0 Å². The van der Waals surface area contributed by atoms with Gasteiger partial charge in [-0.25, -0.2) is 0 Å². The fraction of sp³-hybridized carbons (Fsp3) is 0.500. The SMILES string of the molecule is CC(=O)O.[Cl][K].[Pt]. The number of carbonyl (C=O) groups is 1. The van der Waals surface area contributed by atoms with Crippen LogP contribution in [-0.4, -0.2) is 58.2 Å². The van der Waals surface area contributed by atoms with E-state index in [4.69, 9.17) is 13.7 Å². The number of carboxylic acid groups (broad SMARTS) is 1. The largest absolute Gasteiger partial charge is 0 e. The molecule has 0 radical (unpaired) electrons. The molecule has 0 rings (SSSR count). The van der Waals surface area contributed by atoms with Crippen LogP contribution in [0.2, 0.25) is 0 Å². The number of halogens is 1. The zero-order valence-corrected chi connectivity index (χ0v) is 10.2. The number of aliphatic carboxylic acids is 1. The van der Waals surface area contributed by atoms with Crippen molar-refractivity contribution in [2.45, 2.75) is 6.92 Å². The van der Waals surface area contributed by atoms with Crippen LogP contribution in [-0.2, 0) is 25.9 Å². The van der Waals surface area contributed by atoms with Gasteiger partial charge in [0.15, 0.2) is 0 Å². The van der Waals surface area contributed by atoms with Gasteiger partial charge in [-0.05, 0) is 0 Å². The summed E-state index contributed by atoms with van der Waals surface area (Å²) >= 11 is 0.535. The zero-order valence-electron chi connectivity index (χ0n) is 4.05. The zero-order chi connectivity index (χ0) is 5.58. The molecular formula is C2H4ClKO2Pt. The Kier molecular flexibility index (Phi) is 36.0. The van der Waals surface area contributed by atoms with E-state index in [2.05, 4.69) is 0 Å². The van der Waals surface area contributed by atoms with Crippen LogP contribution in [0.3, 0.4) is 0 Å². The van der Waals surface area contributed by atoms with Crippen molar-refractivity contribution in [1.82, 2.24) is 0 Å². The average molecular weight is 330 g/mol. The molecule has 0 amide bonds. The Labute approximate surface area is 92.6 Å². The second kappa shape index (κ2) is 15.7. The minimum Gasteiger partial charge on any atom is 0 e. The molecule has 42 valence electrons. The predicted molar refractivity (Wildman–Crippen MR) is 24.9 cm³/mol. The van der Waals surface area contributed by atoms with Crippen molar-refractivity contribution >= 4 is 56.9 Å². The van der Waals surface area contributed by atoms with Crippen molar-refractivity contribution in [3.05, 3.63) is 0 Å². The third kappa shape index (κ3) is 68.9. The molecule has 0 aromatic rings. The summed E-state index contributed by atoms with van der Waals surface area (Å²) in [5, 5.41) is 7.42. The van der Waals surface area contributed by atoms with E-state index in [1.54, 1.807) is 0 Å². The molecule has 0 fully saturated rings. The molecule has 7 heavy (non-hydrogen) atoms. The molecule has 0 spiro atoms. The van der Waals surface area contributed by atoms with E-state index < -0.39 is 5.97 Å². The van der Waals surface area contributed by atoms with Crippen molar-refractivity contribution in [2.75, 3.05) is 0 Å². The van der Waals surface area contributed by atoms with E-state index in [1.807, 2.05) is 0 Å². The van der Waals surface area contributed by atoms with Gasteiger partial charge in [0, 0.05) is 28.0 Å². The molecule has 1 N–H and O–H groups in total. The molecule has 0 aliphatic heterocycles. The van der Waals surface area contributed by atoms with Gasteiger partial charge >= 0.3 is 50.9 Å². The Morgan fingerprint density at radius 1 is 1.71 bits per heavy atom. The van der Waals surface area contributed by atoms with E-state index in [-0.39, 0.29) is 21.1 Å². The summed E-state index contributed by atoms with van der Waals surface area (Å²) in [6.07, 6.45) is 0. The topological polar surface area (TPSA) is 37.3 Å². The Balaban J connectivity index is -0.0000000480. The first kappa shape index (κ1) is 16.0. The summed E-state index contributed by atoms with van der Waals surface area (Å²) in [6, 6.07) is 0. The summed E-state index contributed by atoms with van der Waals surface area (Å²) in [5.41, 5.74) is 0. The van der Waals surface area contributed by atoms with Crippen LogP contribution in [0.4, 0.5) is 0 Å². The second-order valence-corrected chi connectivity index (χ2v) is 0.519. The van der Waals surface area contributed by atoms with Gasteiger partial charge in [-0.15, -0.1) is 0 Å². The van der Waals surface area contributed by atoms with Gasteiger partial charge in [0.2, 0.25) is 0 Å². The van der Waals surface area contributed by atoms with Gasteiger partial charge in [-0.2, -0.15) is 0 Å². The van der Waals surface area contributed by atoms with E-state index in [1.165, 1.54) is 0 Å². The molecular weight excluding hydrogens is 326 g/mol. The van der Waals surface area contributed by atoms with E-state index in [0.29, 0.717) is 47.1 Å². The van der Waals surface area contributed by atoms with Gasteiger partial charge in [0.25, 0.3) is 5.97 Å². The number of hydrogen-bond acceptors (Lipinski definition) is 1. The first-order valence-corrected chi connectivity index (χ1v) is 5.60. The van der Waals surface area contributed by atoms with Crippen molar-refractivity contribution in [1.29, 1.82) is 0 Å². The normalized spacial score (nSPS) is 4.57. The van der Waals surface area contributed by atoms with Crippen LogP contribution in [0.15, 0.2) is 0 Å². The third-order valence-electron chi connectivity index (χ3n) is 0. The maximum atomic E-state index is 9.00. The monoisotopic (exact) mass is 329 g/mol. The Hall–Kier alpha value is 2.08. The van der Waals surface area contributed by atoms with Crippen molar-refractivity contribution in [2.24, 2.45) is 0 Å². The van der Waals surface area contributed by atoms with Gasteiger partial charge in [-0.1, -0.05) is 0 Å². The third-order valence-corrected chi connectivity index (χ3v) is 0. The number of carboxylic acids is 1. The second-order valence-electron chi connectivity index (χ2n) is 0.519. The summed E-state index contributed by atoms with van der Waals surface area (Å²) < 4.78 is 4.83. The first-order chi connectivity index (χ1) is 2.73. The summed E-state index contributed by atoms with van der Waals surface area (Å²) in [4.78, 5) is 9.00. The van der Waals surface area contributed by atoms with Crippen LogP contribution in [0, 0.1) is 0 Å². The van der Waals surface area contributed by atoms with E-state index in [0.717, 1.165) is 6.92 Å². The molecule has 5 heteroatoms. The fourth-order valence-corrected chi connectivity index (χ4v) is 0. The fourth-order valence-electron chi connectivity index (χ4n) is 0. The Morgan fingerprint density at radius 2 is 1.71 bits per heavy atom. The average Bonchev–Trinajstić information content (AvgIpc) is 1.41. The molecule has 0 unspecified atom stereocenters. The summed E-state index contributed by atoms with van der Waals surface area (Å²) in [7, 11) is 0. The minimum absolute atomic E-state index is 0. The standard InChI is InChI=1S/C2H4O2.ClH.K.Pt/c1-2(3)4;;;/h1H3,(H,3,4);1H;;/q;;+1;/p-1. The van der Waals surface area contributed by atoms with Gasteiger partial charge in [0.1, 0.15) is 0 Å². The van der Waals surface area contributed by atoms with Gasteiger partial charge < -0.3 is 5.11 Å². The smallest absolute Gasteiger partial charge is 0 e. The molecule has 0 aromatic heterocycles. The molecule has 0 aliphatic carbocycles. The number of hydrogen-bond donors (Lipinski definition) is 1. The van der Waals surface area contributed by atoms with Crippen LogP contribution in [0.5, 0.6) is 0 Å². The van der Waals surface area contributed by atoms with Crippen molar-refractivity contribution in [3.8, 4) is 0 Å².